The van der Waals surface area contributed by atoms with E-state index in [-0.39, 0.29) is 17.9 Å². The molecular weight excluding hydrogens is 656 g/mol. The summed E-state index contributed by atoms with van der Waals surface area (Å²) >= 11 is -1.48. The molecule has 2 heterocycles. The summed E-state index contributed by atoms with van der Waals surface area (Å²) in [5.74, 6) is -0.587. The van der Waals surface area contributed by atoms with Gasteiger partial charge in [-0.15, -0.1) is 4.72 Å². The largest absolute Gasteiger partial charge is 0.598 e. The zero-order valence-corrected chi connectivity index (χ0v) is 30.6. The molecule has 50 heavy (non-hydrogen) atoms. The maximum Gasteiger partial charge on any atom is 0.407 e. The topological polar surface area (TPSA) is 133 Å². The van der Waals surface area contributed by atoms with Crippen LogP contribution in [0, 0.1) is 18.7 Å². The van der Waals surface area contributed by atoms with Crippen LogP contribution >= 0.6 is 0 Å². The summed E-state index contributed by atoms with van der Waals surface area (Å²) in [5, 5.41) is 10.1. The number of ether oxygens (including phenoxy) is 1. The van der Waals surface area contributed by atoms with Gasteiger partial charge in [-0.05, 0) is 126 Å². The Kier molecular flexibility index (Phi) is 11.0. The van der Waals surface area contributed by atoms with Crippen molar-refractivity contribution in [2.45, 2.75) is 96.6 Å². The summed E-state index contributed by atoms with van der Waals surface area (Å²) in [6.45, 7) is 13.1. The first-order valence-corrected chi connectivity index (χ1v) is 18.0. The highest BCUT2D eigenvalue weighted by atomic mass is 32.2. The second-order valence-corrected chi connectivity index (χ2v) is 16.8. The number of aromatic nitrogens is 3. The highest BCUT2D eigenvalue weighted by molar-refractivity contribution is 7.90. The van der Waals surface area contributed by atoms with Gasteiger partial charge in [0.2, 0.25) is 0 Å². The van der Waals surface area contributed by atoms with Crippen molar-refractivity contribution in [3.63, 3.8) is 0 Å². The molecule has 0 spiro atoms. The molecule has 0 aliphatic heterocycles. The monoisotopic (exact) mass is 702 g/mol. The number of aryl methyl sites for hydroxylation is 1. The SMILES string of the molecule is Cc1cc(C(=O)Nc2cc(C(CCC3CC3)(N[S+]([O-])C(C)(C)C)c3ccncc3)ccc2F)n(-c2cccc(CNC(=O)OC(C)(C)C)c2)n1. The number of hydrogen-bond donors (Lipinski definition) is 3. The molecule has 1 saturated carbocycles. The Balaban J connectivity index is 1.46. The van der Waals surface area contributed by atoms with Gasteiger partial charge in [-0.1, -0.05) is 31.0 Å². The first-order chi connectivity index (χ1) is 23.5. The number of nitrogens with one attached hydrogen (secondary N) is 3. The molecule has 4 aromatic rings. The van der Waals surface area contributed by atoms with Crippen molar-refractivity contribution in [1.82, 2.24) is 24.8 Å². The zero-order valence-electron chi connectivity index (χ0n) is 29.8. The number of anilines is 1. The zero-order chi connectivity index (χ0) is 36.3. The first-order valence-electron chi connectivity index (χ1n) is 16.9. The van der Waals surface area contributed by atoms with E-state index in [1.165, 1.54) is 10.7 Å². The molecule has 12 heteroatoms. The number of hydrogen-bond acceptors (Lipinski definition) is 7. The number of alkyl carbamates (subject to hydrolysis) is 1. The van der Waals surface area contributed by atoms with E-state index in [4.69, 9.17) is 4.74 Å². The van der Waals surface area contributed by atoms with Gasteiger partial charge in [0.25, 0.3) is 5.91 Å². The predicted molar refractivity (Wildman–Crippen MR) is 194 cm³/mol. The van der Waals surface area contributed by atoms with Gasteiger partial charge >= 0.3 is 6.09 Å². The lowest BCUT2D eigenvalue weighted by atomic mass is 9.79. The fourth-order valence-electron chi connectivity index (χ4n) is 5.62. The van der Waals surface area contributed by atoms with Gasteiger partial charge in [0.05, 0.1) is 17.1 Å². The number of halogens is 1. The highest BCUT2D eigenvalue weighted by Crippen LogP contribution is 2.43. The molecule has 3 N–H and O–H groups in total. The lowest BCUT2D eigenvalue weighted by Crippen LogP contribution is -2.52. The van der Waals surface area contributed by atoms with E-state index in [0.29, 0.717) is 29.3 Å². The lowest BCUT2D eigenvalue weighted by molar-refractivity contribution is 0.0523. The summed E-state index contributed by atoms with van der Waals surface area (Å²) in [6, 6.07) is 17.3. The fourth-order valence-corrected chi connectivity index (χ4v) is 6.58. The maximum atomic E-state index is 15.6. The van der Waals surface area contributed by atoms with Crippen molar-refractivity contribution < 1.29 is 23.3 Å². The van der Waals surface area contributed by atoms with Gasteiger partial charge in [-0.25, -0.2) is 13.9 Å². The van der Waals surface area contributed by atoms with Crippen LogP contribution in [0.3, 0.4) is 0 Å². The van der Waals surface area contributed by atoms with Gasteiger partial charge in [-0.2, -0.15) is 5.10 Å². The molecule has 2 aromatic heterocycles. The van der Waals surface area contributed by atoms with Gasteiger partial charge in [-0.3, -0.25) is 9.78 Å². The molecule has 1 aliphatic carbocycles. The van der Waals surface area contributed by atoms with E-state index in [9.17, 15) is 14.1 Å². The average molecular weight is 703 g/mol. The quantitative estimate of drug-likeness (QED) is 0.130. The summed E-state index contributed by atoms with van der Waals surface area (Å²) < 4.78 is 39.0. The molecule has 0 bridgehead atoms. The Morgan fingerprint density at radius 1 is 1.00 bits per heavy atom. The van der Waals surface area contributed by atoms with E-state index in [1.807, 2.05) is 45.0 Å². The first kappa shape index (κ1) is 37.0. The van der Waals surface area contributed by atoms with Crippen molar-refractivity contribution in [1.29, 1.82) is 0 Å². The molecule has 2 unspecified atom stereocenters. The van der Waals surface area contributed by atoms with Crippen LogP contribution in [0.15, 0.2) is 73.1 Å². The Morgan fingerprint density at radius 2 is 1.72 bits per heavy atom. The van der Waals surface area contributed by atoms with E-state index in [0.717, 1.165) is 30.4 Å². The molecule has 2 atom stereocenters. The Hall–Kier alpha value is -4.26. The van der Waals surface area contributed by atoms with Crippen molar-refractivity contribution in [3.05, 3.63) is 107 Å². The van der Waals surface area contributed by atoms with Crippen molar-refractivity contribution in [2.24, 2.45) is 5.92 Å². The number of amides is 2. The minimum Gasteiger partial charge on any atom is -0.598 e. The molecule has 1 fully saturated rings. The molecular formula is C38H47FN6O4S. The molecule has 266 valence electrons. The third-order valence-electron chi connectivity index (χ3n) is 8.38. The number of carbonyl (C=O) groups is 2. The van der Waals surface area contributed by atoms with E-state index in [1.54, 1.807) is 70.4 Å². The molecule has 5 rings (SSSR count). The van der Waals surface area contributed by atoms with Gasteiger partial charge in [0.15, 0.2) is 0 Å². The van der Waals surface area contributed by atoms with Crippen LogP contribution in [-0.2, 0) is 28.2 Å². The van der Waals surface area contributed by atoms with Crippen LogP contribution in [0.4, 0.5) is 14.9 Å². The van der Waals surface area contributed by atoms with E-state index >= 15 is 4.39 Å². The molecule has 10 nitrogen and oxygen atoms in total. The standard InChI is InChI=1S/C38H47FN6O4S/c1-25-21-33(45(43-25)30-10-8-9-27(22-30)24-41-35(47)49-36(2,3)4)34(46)42-32-23-29(13-14-31(32)39)38(18-15-26-11-12-26,28-16-19-40-20-17-28)44-50(48)37(5,6)7/h8-10,13-14,16-17,19-23,26,44H,11-12,15,18,24H2,1-7H3,(H,41,47)(H,42,46). The maximum absolute atomic E-state index is 15.6. The van der Waals surface area contributed by atoms with Crippen molar-refractivity contribution in [2.75, 3.05) is 5.32 Å². The summed E-state index contributed by atoms with van der Waals surface area (Å²) in [6.07, 6.45) is 6.66. The number of rotatable bonds is 12. The Labute approximate surface area is 296 Å². The molecule has 1 aliphatic rings. The summed E-state index contributed by atoms with van der Waals surface area (Å²) in [4.78, 5) is 30.3. The lowest BCUT2D eigenvalue weighted by Gasteiger charge is -2.38. The number of carbonyl (C=O) groups excluding carboxylic acids is 2. The second kappa shape index (κ2) is 14.9. The number of benzene rings is 2. The minimum absolute atomic E-state index is 0.0126. The van der Waals surface area contributed by atoms with Gasteiger partial charge < -0.3 is 19.9 Å². The Bertz CT molecular complexity index is 1820. The Morgan fingerprint density at radius 3 is 2.38 bits per heavy atom. The van der Waals surface area contributed by atoms with Crippen LogP contribution in [0.5, 0.6) is 0 Å². The molecule has 2 aromatic carbocycles. The van der Waals surface area contributed by atoms with Gasteiger partial charge in [0, 0.05) is 30.3 Å². The van der Waals surface area contributed by atoms with Crippen LogP contribution < -0.4 is 15.4 Å². The van der Waals surface area contributed by atoms with Gasteiger partial charge in [0.1, 0.15) is 27.4 Å². The van der Waals surface area contributed by atoms with Crippen LogP contribution in [0.1, 0.15) is 100 Å². The average Bonchev–Trinajstić information content (AvgIpc) is 3.80. The van der Waals surface area contributed by atoms with Crippen LogP contribution in [0.2, 0.25) is 0 Å². The smallest absolute Gasteiger partial charge is 0.407 e. The minimum atomic E-state index is -1.48. The van der Waals surface area contributed by atoms with Crippen LogP contribution in [0.25, 0.3) is 5.69 Å². The van der Waals surface area contributed by atoms with E-state index in [2.05, 4.69) is 25.4 Å². The summed E-state index contributed by atoms with van der Waals surface area (Å²) in [5.41, 5.74) is 2.09. The van der Waals surface area contributed by atoms with E-state index < -0.39 is 45.1 Å². The molecule has 0 saturated heterocycles. The normalized spacial score (nSPS) is 15.2. The predicted octanol–water partition coefficient (Wildman–Crippen LogP) is 7.48. The highest BCUT2D eigenvalue weighted by Gasteiger charge is 2.43. The van der Waals surface area contributed by atoms with Crippen molar-refractivity contribution in [3.8, 4) is 5.69 Å². The third kappa shape index (κ3) is 9.29. The number of nitrogens with zero attached hydrogens (tertiary/aromatic N) is 3. The second-order valence-electron chi connectivity index (χ2n) is 14.9. The van der Waals surface area contributed by atoms with Crippen LogP contribution in [-0.4, -0.2) is 41.7 Å². The summed E-state index contributed by atoms with van der Waals surface area (Å²) in [7, 11) is 0. The number of pyridine rings is 1. The molecule has 0 radical (unpaired) electrons. The fraction of sp³-hybridized carbons (Fsp3) is 0.421. The molecule has 2 amide bonds. The van der Waals surface area contributed by atoms with Crippen molar-refractivity contribution >= 4 is 29.0 Å². The third-order valence-corrected chi connectivity index (χ3v) is 10.0.